The summed E-state index contributed by atoms with van der Waals surface area (Å²) in [5, 5.41) is 28.6. The minimum atomic E-state index is -1.70. The van der Waals surface area contributed by atoms with Gasteiger partial charge in [0.1, 0.15) is 30.2 Å². The molecule has 0 bridgehead atoms. The molecule has 8 amide bonds. The van der Waals surface area contributed by atoms with Gasteiger partial charge >= 0.3 is 5.97 Å². The van der Waals surface area contributed by atoms with E-state index in [0.29, 0.717) is 25.9 Å². The molecule has 3 saturated heterocycles. The Kier molecular flexibility index (Phi) is 17.2. The fourth-order valence-corrected chi connectivity index (χ4v) is 9.26. The number of H-pyrrole nitrogens is 1. The van der Waals surface area contributed by atoms with Gasteiger partial charge in [-0.1, -0.05) is 39.8 Å². The summed E-state index contributed by atoms with van der Waals surface area (Å²) in [6.07, 6.45) is 1.35. The van der Waals surface area contributed by atoms with Crippen LogP contribution in [-0.4, -0.2) is 149 Å². The molecule has 3 unspecified atom stereocenters. The number of aliphatic carboxylic acids is 1. The number of nitrogens with one attached hydrogen (secondary N) is 8. The van der Waals surface area contributed by atoms with Crippen molar-refractivity contribution in [1.29, 1.82) is 0 Å². The van der Waals surface area contributed by atoms with Gasteiger partial charge in [-0.25, -0.2) is 0 Å². The first kappa shape index (κ1) is 46.7. The maximum Gasteiger partial charge on any atom is 0.305 e. The fraction of sp³-hybridized carbons (Fsp3) is 0.553. The number of para-hydroxylation sites is 1. The zero-order valence-electron chi connectivity index (χ0n) is 33.5. The first-order chi connectivity index (χ1) is 29.2. The van der Waals surface area contributed by atoms with Crippen molar-refractivity contribution in [3.63, 3.8) is 0 Å². The Hall–Kier alpha value is -5.39. The first-order valence-corrected chi connectivity index (χ1v) is 22.4. The number of aromatic amines is 1. The molecule has 0 saturated carbocycles. The van der Waals surface area contributed by atoms with Crippen LogP contribution in [0.1, 0.15) is 44.6 Å². The van der Waals surface area contributed by atoms with Crippen molar-refractivity contribution in [3.8, 4) is 0 Å². The van der Waals surface area contributed by atoms with Crippen LogP contribution in [0.5, 0.6) is 0 Å². The minimum Gasteiger partial charge on any atom is -0.481 e. The Labute approximate surface area is 358 Å². The number of carboxylic acid groups (broad SMARTS) is 1. The van der Waals surface area contributed by atoms with Crippen LogP contribution in [0.2, 0.25) is 0 Å². The molecule has 1 aromatic carbocycles. The van der Waals surface area contributed by atoms with E-state index in [4.69, 9.17) is 10.5 Å². The number of benzene rings is 1. The van der Waals surface area contributed by atoms with Gasteiger partial charge in [0, 0.05) is 66.0 Å². The number of amides is 8. The van der Waals surface area contributed by atoms with Crippen molar-refractivity contribution in [2.24, 2.45) is 11.7 Å². The Morgan fingerprint density at radius 3 is 2.41 bits per heavy atom. The zero-order chi connectivity index (χ0) is 44.1. The summed E-state index contributed by atoms with van der Waals surface area (Å²) in [6, 6.07) is 0.900. The molecule has 21 nitrogen and oxygen atoms in total. The highest BCUT2D eigenvalue weighted by Gasteiger charge is 2.43. The van der Waals surface area contributed by atoms with E-state index in [1.165, 1.54) is 22.6 Å². The Morgan fingerprint density at radius 2 is 1.67 bits per heavy atom. The van der Waals surface area contributed by atoms with Crippen molar-refractivity contribution in [2.45, 2.75) is 81.9 Å². The summed E-state index contributed by atoms with van der Waals surface area (Å²) in [5.41, 5.74) is 7.40. The second-order valence-electron chi connectivity index (χ2n) is 14.9. The van der Waals surface area contributed by atoms with E-state index >= 15 is 0 Å². The van der Waals surface area contributed by atoms with Crippen molar-refractivity contribution in [1.82, 2.24) is 47.1 Å². The van der Waals surface area contributed by atoms with E-state index in [1.54, 1.807) is 6.20 Å². The average Bonchev–Trinajstić information content (AvgIpc) is 3.86. The molecule has 6 atom stereocenters. The quantitative estimate of drug-likeness (QED) is 0.117. The molecular weight excluding hydrogens is 837 g/mol. The van der Waals surface area contributed by atoms with E-state index in [0.717, 1.165) is 27.3 Å². The lowest BCUT2D eigenvalue weighted by Gasteiger charge is -2.28. The van der Waals surface area contributed by atoms with E-state index in [1.807, 2.05) is 24.3 Å². The highest BCUT2D eigenvalue weighted by molar-refractivity contribution is 8.76. The number of ether oxygens (including phenoxy) is 1. The van der Waals surface area contributed by atoms with Crippen LogP contribution in [0.15, 0.2) is 30.5 Å². The van der Waals surface area contributed by atoms with Crippen LogP contribution >= 0.6 is 21.6 Å². The zero-order valence-corrected chi connectivity index (χ0v) is 35.1. The number of nitrogens with two attached hydrogens (primary N) is 1. The topological polar surface area (TPSA) is 312 Å². The summed E-state index contributed by atoms with van der Waals surface area (Å²) in [4.78, 5) is 122. The molecule has 0 radical (unpaired) electrons. The number of carbonyl (C=O) groups is 9. The smallest absolute Gasteiger partial charge is 0.305 e. The maximum absolute atomic E-state index is 14.0. The number of hydrogen-bond donors (Lipinski definition) is 10. The standard InChI is InChI=1S/C38H52N10O11S2/c1-20-38(58)48-17-23(59-18-22-14-41-25-5-3-2-4-24(22)25)12-29(48)37(57)47-28(33(39)53)19-61-60-11-8-30(49)46-27(15-42-34(54)21-6-9-40-10-7-21)35(55)43-16-31(50)45-26(13-32(51)52)36(56)44-20/h2-5,14,20-21,23,26-29,40-41H,6-13,15-19H2,1H3,(H2,39,53)(H,42,54)(H,43,55)(H,44,56)(H,45,50)(H,46,49)(H,47,57)(H,51,52)/t20-,23?,26?,27-,28?,29-/m0/s1. The van der Waals surface area contributed by atoms with E-state index in [2.05, 4.69) is 42.2 Å². The molecule has 3 fully saturated rings. The number of fused-ring (bicyclic) bond motifs is 2. The third-order valence-electron chi connectivity index (χ3n) is 10.4. The Morgan fingerprint density at radius 1 is 0.934 bits per heavy atom. The number of carbonyl (C=O) groups excluding carboxylic acids is 8. The minimum absolute atomic E-state index is 0.000716. The second kappa shape index (κ2) is 22.5. The predicted octanol–water partition coefficient (Wildman–Crippen LogP) is -2.41. The van der Waals surface area contributed by atoms with Gasteiger partial charge in [0.25, 0.3) is 0 Å². The van der Waals surface area contributed by atoms with Crippen molar-refractivity contribution < 1.29 is 53.0 Å². The Balaban J connectivity index is 1.32. The molecule has 0 aliphatic carbocycles. The third kappa shape index (κ3) is 13.6. The monoisotopic (exact) mass is 888 g/mol. The molecule has 0 spiro atoms. The van der Waals surface area contributed by atoms with Crippen LogP contribution in [-0.2, 0) is 54.5 Å². The number of aromatic nitrogens is 1. The van der Waals surface area contributed by atoms with Crippen molar-refractivity contribution in [3.05, 3.63) is 36.0 Å². The molecule has 4 heterocycles. The molecule has 5 rings (SSSR count). The third-order valence-corrected chi connectivity index (χ3v) is 12.8. The van der Waals surface area contributed by atoms with Gasteiger partial charge < -0.3 is 62.7 Å². The molecule has 23 heteroatoms. The highest BCUT2D eigenvalue weighted by atomic mass is 33.1. The molecule has 11 N–H and O–H groups in total. The summed E-state index contributed by atoms with van der Waals surface area (Å²) in [6.45, 7) is 1.65. The van der Waals surface area contributed by atoms with E-state index < -0.39 is 96.6 Å². The molecule has 332 valence electrons. The van der Waals surface area contributed by atoms with Crippen LogP contribution < -0.4 is 43.0 Å². The lowest BCUT2D eigenvalue weighted by Crippen LogP contribution is -2.58. The van der Waals surface area contributed by atoms with Gasteiger partial charge in [-0.2, -0.15) is 0 Å². The number of nitrogens with zero attached hydrogens (tertiary/aromatic N) is 1. The van der Waals surface area contributed by atoms with Crippen LogP contribution in [0.4, 0.5) is 0 Å². The number of rotatable bonds is 9. The van der Waals surface area contributed by atoms with Crippen LogP contribution in [0.25, 0.3) is 10.9 Å². The maximum atomic E-state index is 14.0. The molecule has 1 aromatic heterocycles. The first-order valence-electron chi connectivity index (χ1n) is 19.9. The molecule has 2 aromatic rings. The summed E-state index contributed by atoms with van der Waals surface area (Å²) in [7, 11) is 2.36. The van der Waals surface area contributed by atoms with Gasteiger partial charge in [0.15, 0.2) is 0 Å². The fourth-order valence-electron chi connectivity index (χ4n) is 7.09. The van der Waals surface area contributed by atoms with Crippen LogP contribution in [0.3, 0.4) is 0 Å². The Bertz CT molecular complexity index is 1960. The second-order valence-corrected chi connectivity index (χ2v) is 17.5. The lowest BCUT2D eigenvalue weighted by atomic mass is 9.97. The number of primary amides is 1. The van der Waals surface area contributed by atoms with Crippen LogP contribution in [0, 0.1) is 5.92 Å². The molecule has 3 aliphatic rings. The van der Waals surface area contributed by atoms with Gasteiger partial charge in [0.2, 0.25) is 47.3 Å². The number of hydrogen-bond acceptors (Lipinski definition) is 13. The summed E-state index contributed by atoms with van der Waals surface area (Å²) in [5.74, 6) is -7.52. The number of carboxylic acids is 1. The summed E-state index contributed by atoms with van der Waals surface area (Å²) < 4.78 is 6.19. The van der Waals surface area contributed by atoms with Crippen molar-refractivity contribution >= 4 is 85.7 Å². The average molecular weight is 889 g/mol. The largest absolute Gasteiger partial charge is 0.481 e. The van der Waals surface area contributed by atoms with E-state index in [-0.39, 0.29) is 55.9 Å². The lowest BCUT2D eigenvalue weighted by molar-refractivity contribution is -0.143. The van der Waals surface area contributed by atoms with Gasteiger partial charge in [-0.3, -0.25) is 43.2 Å². The molecule has 61 heavy (non-hydrogen) atoms. The normalized spacial score (nSPS) is 26.0. The van der Waals surface area contributed by atoms with Crippen molar-refractivity contribution in [2.75, 3.05) is 44.2 Å². The highest BCUT2D eigenvalue weighted by Crippen LogP contribution is 2.27. The SMILES string of the molecule is C[C@@H]1NC(=O)C(CC(=O)O)NC(=O)CNC(=O)[C@H](CNC(=O)C2CCNCC2)NC(=O)CCSSCC(C(N)=O)NC(=O)[C@@H]2CC(OCc3c[nH]c4ccccc34)CN2C1=O. The van der Waals surface area contributed by atoms with Gasteiger partial charge in [-0.05, 0) is 38.9 Å². The van der Waals surface area contributed by atoms with Gasteiger partial charge in [-0.15, -0.1) is 0 Å². The molecule has 3 aliphatic heterocycles. The predicted molar refractivity (Wildman–Crippen MR) is 223 cm³/mol. The number of piperidine rings is 1. The summed E-state index contributed by atoms with van der Waals surface area (Å²) >= 11 is 0. The van der Waals surface area contributed by atoms with E-state index in [9.17, 15) is 48.3 Å². The van der Waals surface area contributed by atoms with Gasteiger partial charge in [0.05, 0.1) is 25.7 Å². The molecular formula is C38H52N10O11S2.